The summed E-state index contributed by atoms with van der Waals surface area (Å²) in [7, 11) is -3.55. The fourth-order valence-corrected chi connectivity index (χ4v) is 3.11. The van der Waals surface area contributed by atoms with Gasteiger partial charge in [-0.2, -0.15) is 8.42 Å². The minimum absolute atomic E-state index is 0.270. The first-order chi connectivity index (χ1) is 13.8. The van der Waals surface area contributed by atoms with Crippen LogP contribution >= 0.6 is 0 Å². The van der Waals surface area contributed by atoms with Crippen LogP contribution < -0.4 is 19.0 Å². The number of hydrogen-bond donors (Lipinski definition) is 1. The van der Waals surface area contributed by atoms with Crippen LogP contribution in [0.25, 0.3) is 0 Å². The number of ether oxygens (including phenoxy) is 2. The second kappa shape index (κ2) is 10.7. The van der Waals surface area contributed by atoms with Crippen molar-refractivity contribution in [3.8, 4) is 17.2 Å². The first kappa shape index (κ1) is 22.5. The highest BCUT2D eigenvalue weighted by Gasteiger charge is 2.14. The number of carbonyl (C=O) groups is 1. The molecule has 1 N–H and O–H groups in total. The molecule has 0 bridgehead atoms. The van der Waals surface area contributed by atoms with E-state index in [9.17, 15) is 13.2 Å². The van der Waals surface area contributed by atoms with Gasteiger partial charge in [-0.15, -0.1) is 0 Å². The first-order valence-electron chi connectivity index (χ1n) is 9.51. The van der Waals surface area contributed by atoms with Crippen molar-refractivity contribution in [2.45, 2.75) is 33.1 Å². The van der Waals surface area contributed by atoms with Gasteiger partial charge in [0.2, 0.25) is 0 Å². The highest BCUT2D eigenvalue weighted by atomic mass is 32.2. The molecule has 2 rings (SSSR count). The highest BCUT2D eigenvalue weighted by Crippen LogP contribution is 2.35. The minimum atomic E-state index is -3.55. The van der Waals surface area contributed by atoms with E-state index in [4.69, 9.17) is 13.7 Å². The zero-order chi connectivity index (χ0) is 21.3. The fraction of sp³-hybridized carbons (Fsp3) is 0.381. The molecule has 0 fully saturated rings. The van der Waals surface area contributed by atoms with Gasteiger partial charge in [0.15, 0.2) is 11.5 Å². The van der Waals surface area contributed by atoms with Gasteiger partial charge in [-0.25, -0.2) is 0 Å². The summed E-state index contributed by atoms with van der Waals surface area (Å²) >= 11 is 0. The number of anilines is 1. The molecule has 0 saturated carbocycles. The molecule has 0 aromatic heterocycles. The Kier molecular flexibility index (Phi) is 8.33. The van der Waals surface area contributed by atoms with Crippen LogP contribution in [-0.2, 0) is 21.3 Å². The molecule has 0 radical (unpaired) electrons. The van der Waals surface area contributed by atoms with Gasteiger partial charge in [0, 0.05) is 13.0 Å². The van der Waals surface area contributed by atoms with E-state index >= 15 is 0 Å². The molecular formula is C21H27NO6S. The number of para-hydroxylation sites is 1. The lowest BCUT2D eigenvalue weighted by molar-refractivity contribution is -0.134. The van der Waals surface area contributed by atoms with Gasteiger partial charge in [0.25, 0.3) is 0 Å². The summed E-state index contributed by atoms with van der Waals surface area (Å²) in [5.41, 5.74) is 1.65. The van der Waals surface area contributed by atoms with E-state index in [1.165, 1.54) is 0 Å². The molecule has 0 heterocycles. The van der Waals surface area contributed by atoms with Crippen LogP contribution in [0, 0.1) is 0 Å². The largest absolute Gasteiger partial charge is 0.490 e. The molecule has 158 valence electrons. The summed E-state index contributed by atoms with van der Waals surface area (Å²) in [6.07, 6.45) is 2.79. The normalized spacial score (nSPS) is 11.0. The van der Waals surface area contributed by atoms with Crippen molar-refractivity contribution in [2.24, 2.45) is 0 Å². The average Bonchev–Trinajstić information content (AvgIpc) is 2.66. The van der Waals surface area contributed by atoms with E-state index in [0.29, 0.717) is 36.1 Å². The third kappa shape index (κ3) is 7.65. The van der Waals surface area contributed by atoms with Crippen molar-refractivity contribution in [3.05, 3.63) is 48.0 Å². The first-order valence-corrected chi connectivity index (χ1v) is 11.3. The molecule has 0 aliphatic carbocycles. The van der Waals surface area contributed by atoms with Crippen molar-refractivity contribution in [1.29, 1.82) is 0 Å². The molecule has 0 aliphatic heterocycles. The van der Waals surface area contributed by atoms with Crippen molar-refractivity contribution < 1.29 is 26.9 Å². The van der Waals surface area contributed by atoms with E-state index in [1.54, 1.807) is 31.2 Å². The molecule has 0 spiro atoms. The number of nitrogens with one attached hydrogen (secondary N) is 1. The number of rotatable bonds is 11. The van der Waals surface area contributed by atoms with Crippen LogP contribution in [0.4, 0.5) is 5.69 Å². The Morgan fingerprint density at radius 3 is 2.55 bits per heavy atom. The third-order valence-electron chi connectivity index (χ3n) is 3.89. The van der Waals surface area contributed by atoms with Crippen molar-refractivity contribution in [2.75, 3.05) is 24.7 Å². The molecule has 7 nitrogen and oxygen atoms in total. The number of hydrogen-bond acceptors (Lipinski definition) is 7. The standard InChI is InChI=1S/C21H27NO6S/c1-4-20(23)27-21-18(12-7-13-19(21)26-5-2)22-14-8-10-16-9-6-11-17(15-16)28-29(3,24)25/h6-7,9,11-13,15,22H,4-5,8,10,14H2,1-3H3. The molecule has 0 aliphatic rings. The van der Waals surface area contributed by atoms with Crippen LogP contribution in [0.1, 0.15) is 32.3 Å². The smallest absolute Gasteiger partial charge is 0.311 e. The van der Waals surface area contributed by atoms with Gasteiger partial charge >= 0.3 is 16.1 Å². The maximum absolute atomic E-state index is 11.8. The van der Waals surface area contributed by atoms with E-state index in [0.717, 1.165) is 24.7 Å². The van der Waals surface area contributed by atoms with Gasteiger partial charge in [-0.3, -0.25) is 4.79 Å². The monoisotopic (exact) mass is 421 g/mol. The average molecular weight is 422 g/mol. The van der Waals surface area contributed by atoms with Crippen molar-refractivity contribution in [1.82, 2.24) is 0 Å². The van der Waals surface area contributed by atoms with E-state index in [-0.39, 0.29) is 12.4 Å². The van der Waals surface area contributed by atoms with Gasteiger partial charge < -0.3 is 19.0 Å². The molecule has 0 unspecified atom stereocenters. The lowest BCUT2D eigenvalue weighted by atomic mass is 10.1. The van der Waals surface area contributed by atoms with E-state index in [1.807, 2.05) is 25.1 Å². The Hall–Kier alpha value is -2.74. The second-order valence-electron chi connectivity index (χ2n) is 6.36. The molecule has 2 aromatic rings. The van der Waals surface area contributed by atoms with Gasteiger partial charge in [0.05, 0.1) is 18.6 Å². The number of esters is 1. The SMILES string of the molecule is CCOc1cccc(NCCCc2cccc(OS(C)(=O)=O)c2)c1OC(=O)CC. The lowest BCUT2D eigenvalue weighted by Gasteiger charge is -2.16. The maximum Gasteiger partial charge on any atom is 0.311 e. The molecule has 0 amide bonds. The summed E-state index contributed by atoms with van der Waals surface area (Å²) in [5, 5.41) is 3.28. The van der Waals surface area contributed by atoms with Crippen molar-refractivity contribution >= 4 is 21.8 Å². The quantitative estimate of drug-likeness (QED) is 0.255. The summed E-state index contributed by atoms with van der Waals surface area (Å²) in [6.45, 7) is 4.70. The Morgan fingerprint density at radius 2 is 1.86 bits per heavy atom. The summed E-state index contributed by atoms with van der Waals surface area (Å²) in [5.74, 6) is 0.883. The van der Waals surface area contributed by atoms with Crippen LogP contribution in [0.2, 0.25) is 0 Å². The topological polar surface area (TPSA) is 90.9 Å². The molecule has 0 atom stereocenters. The van der Waals surface area contributed by atoms with Crippen molar-refractivity contribution in [3.63, 3.8) is 0 Å². The van der Waals surface area contributed by atoms with Gasteiger partial charge in [-0.05, 0) is 49.6 Å². The summed E-state index contributed by atoms with van der Waals surface area (Å²) in [6, 6.07) is 12.4. The highest BCUT2D eigenvalue weighted by molar-refractivity contribution is 7.86. The molecule has 0 saturated heterocycles. The zero-order valence-electron chi connectivity index (χ0n) is 16.9. The van der Waals surface area contributed by atoms with E-state index < -0.39 is 10.1 Å². The third-order valence-corrected chi connectivity index (χ3v) is 4.38. The predicted molar refractivity (Wildman–Crippen MR) is 112 cm³/mol. The fourth-order valence-electron chi connectivity index (χ4n) is 2.66. The minimum Gasteiger partial charge on any atom is -0.490 e. The van der Waals surface area contributed by atoms with Crippen LogP contribution in [0.3, 0.4) is 0 Å². The van der Waals surface area contributed by atoms with Gasteiger partial charge in [0.1, 0.15) is 5.75 Å². The Bertz CT molecular complexity index is 927. The Labute approximate surface area is 172 Å². The zero-order valence-corrected chi connectivity index (χ0v) is 17.8. The number of carbonyl (C=O) groups excluding carboxylic acids is 1. The number of aryl methyl sites for hydroxylation is 1. The molecule has 2 aromatic carbocycles. The van der Waals surface area contributed by atoms with Crippen LogP contribution in [0.15, 0.2) is 42.5 Å². The van der Waals surface area contributed by atoms with Crippen LogP contribution in [-0.4, -0.2) is 33.8 Å². The molecule has 8 heteroatoms. The number of benzene rings is 2. The predicted octanol–water partition coefficient (Wildman–Crippen LogP) is 3.78. The lowest BCUT2D eigenvalue weighted by Crippen LogP contribution is -2.11. The second-order valence-corrected chi connectivity index (χ2v) is 7.93. The summed E-state index contributed by atoms with van der Waals surface area (Å²) in [4.78, 5) is 11.8. The molecule has 29 heavy (non-hydrogen) atoms. The maximum atomic E-state index is 11.8. The Morgan fingerprint density at radius 1 is 1.10 bits per heavy atom. The van der Waals surface area contributed by atoms with E-state index in [2.05, 4.69) is 5.32 Å². The van der Waals surface area contributed by atoms with Crippen LogP contribution in [0.5, 0.6) is 17.2 Å². The molecular weight excluding hydrogens is 394 g/mol. The Balaban J connectivity index is 1.99. The summed E-state index contributed by atoms with van der Waals surface area (Å²) < 4.78 is 38.4. The van der Waals surface area contributed by atoms with Gasteiger partial charge in [-0.1, -0.05) is 25.1 Å².